The average Bonchev–Trinajstić information content (AvgIpc) is 2.85. The summed E-state index contributed by atoms with van der Waals surface area (Å²) in [7, 11) is 0. The number of carbonyl (C=O) groups is 2. The van der Waals surface area contributed by atoms with Crippen molar-refractivity contribution in [3.63, 3.8) is 0 Å². The summed E-state index contributed by atoms with van der Waals surface area (Å²) in [6, 6.07) is 14.1. The molecule has 1 fully saturated rings. The van der Waals surface area contributed by atoms with Crippen LogP contribution in [0.3, 0.4) is 0 Å². The molecule has 2 aromatic rings. The molecule has 0 bridgehead atoms. The molecule has 0 saturated carbocycles. The first kappa shape index (κ1) is 17.2. The molecule has 4 nitrogen and oxygen atoms in total. The molecule has 25 heavy (non-hydrogen) atoms. The van der Waals surface area contributed by atoms with Crippen molar-refractivity contribution in [2.24, 2.45) is 5.92 Å². The minimum Gasteiger partial charge on any atom is -0.478 e. The summed E-state index contributed by atoms with van der Waals surface area (Å²) in [5.74, 6) is -0.355. The Morgan fingerprint density at radius 1 is 0.920 bits per heavy atom. The maximum atomic E-state index is 13.1. The smallest absolute Gasteiger partial charge is 0.336 e. The predicted molar refractivity (Wildman–Crippen MR) is 97.8 cm³/mol. The Morgan fingerprint density at radius 2 is 1.52 bits per heavy atom. The zero-order valence-electron chi connectivity index (χ0n) is 14.4. The molecule has 1 N–H and O–H groups in total. The molecule has 1 atom stereocenters. The SMILES string of the molecule is CC1CCCN(C(=O)c2ccccc2-c2ccccc2C(=O)O)CC1. The number of likely N-dealkylation sites (tertiary alicyclic amines) is 1. The van der Waals surface area contributed by atoms with Crippen LogP contribution in [0, 0.1) is 5.92 Å². The van der Waals surface area contributed by atoms with Crippen molar-refractivity contribution in [2.75, 3.05) is 13.1 Å². The molecule has 4 heteroatoms. The Kier molecular flexibility index (Phi) is 5.17. The van der Waals surface area contributed by atoms with Gasteiger partial charge < -0.3 is 10.0 Å². The van der Waals surface area contributed by atoms with Crippen molar-refractivity contribution >= 4 is 11.9 Å². The van der Waals surface area contributed by atoms with E-state index < -0.39 is 5.97 Å². The van der Waals surface area contributed by atoms with Crippen molar-refractivity contribution < 1.29 is 14.7 Å². The van der Waals surface area contributed by atoms with Crippen LogP contribution in [0.15, 0.2) is 48.5 Å². The summed E-state index contributed by atoms with van der Waals surface area (Å²) in [5.41, 5.74) is 2.06. The number of hydrogen-bond acceptors (Lipinski definition) is 2. The number of aromatic carboxylic acids is 1. The van der Waals surface area contributed by atoms with Crippen LogP contribution >= 0.6 is 0 Å². The van der Waals surface area contributed by atoms with Crippen LogP contribution in [0.25, 0.3) is 11.1 Å². The molecule has 0 spiro atoms. The van der Waals surface area contributed by atoms with Crippen LogP contribution in [-0.4, -0.2) is 35.0 Å². The Balaban J connectivity index is 1.99. The maximum Gasteiger partial charge on any atom is 0.336 e. The van der Waals surface area contributed by atoms with Gasteiger partial charge in [-0.1, -0.05) is 43.3 Å². The second kappa shape index (κ2) is 7.51. The quantitative estimate of drug-likeness (QED) is 0.908. The van der Waals surface area contributed by atoms with Gasteiger partial charge in [-0.2, -0.15) is 0 Å². The summed E-state index contributed by atoms with van der Waals surface area (Å²) in [6.45, 7) is 3.75. The van der Waals surface area contributed by atoms with Crippen molar-refractivity contribution in [1.82, 2.24) is 4.90 Å². The highest BCUT2D eigenvalue weighted by atomic mass is 16.4. The van der Waals surface area contributed by atoms with E-state index in [4.69, 9.17) is 0 Å². The standard InChI is InChI=1S/C21H23NO3/c1-15-7-6-13-22(14-12-15)20(23)18-10-4-2-8-16(18)17-9-3-5-11-19(17)21(24)25/h2-5,8-11,15H,6-7,12-14H2,1H3,(H,24,25). The molecule has 1 amide bonds. The van der Waals surface area contributed by atoms with Gasteiger partial charge in [-0.15, -0.1) is 0 Å². The van der Waals surface area contributed by atoms with Crippen molar-refractivity contribution in [3.8, 4) is 11.1 Å². The van der Waals surface area contributed by atoms with Gasteiger partial charge in [0.25, 0.3) is 5.91 Å². The highest BCUT2D eigenvalue weighted by molar-refractivity contribution is 6.04. The molecule has 3 rings (SSSR count). The van der Waals surface area contributed by atoms with Crippen LogP contribution in [-0.2, 0) is 0 Å². The zero-order valence-corrected chi connectivity index (χ0v) is 14.4. The first-order chi connectivity index (χ1) is 12.1. The van der Waals surface area contributed by atoms with Gasteiger partial charge in [0, 0.05) is 18.7 Å². The maximum absolute atomic E-state index is 13.1. The number of nitrogens with zero attached hydrogens (tertiary/aromatic N) is 1. The molecule has 1 unspecified atom stereocenters. The third-order valence-corrected chi connectivity index (χ3v) is 4.91. The Labute approximate surface area is 148 Å². The van der Waals surface area contributed by atoms with Gasteiger partial charge in [0.15, 0.2) is 0 Å². The van der Waals surface area contributed by atoms with Crippen molar-refractivity contribution in [1.29, 1.82) is 0 Å². The minimum absolute atomic E-state index is 0.00936. The lowest BCUT2D eigenvalue weighted by molar-refractivity contribution is 0.0695. The summed E-state index contributed by atoms with van der Waals surface area (Å²) in [4.78, 5) is 26.6. The van der Waals surface area contributed by atoms with Crippen LogP contribution in [0.1, 0.15) is 46.9 Å². The monoisotopic (exact) mass is 337 g/mol. The van der Waals surface area contributed by atoms with Gasteiger partial charge in [-0.3, -0.25) is 4.79 Å². The largest absolute Gasteiger partial charge is 0.478 e. The molecule has 0 aliphatic carbocycles. The molecule has 1 aliphatic rings. The van der Waals surface area contributed by atoms with E-state index in [1.54, 1.807) is 30.3 Å². The van der Waals surface area contributed by atoms with Crippen LogP contribution in [0.5, 0.6) is 0 Å². The molecule has 130 valence electrons. The van der Waals surface area contributed by atoms with E-state index in [9.17, 15) is 14.7 Å². The number of carboxylic acid groups (broad SMARTS) is 1. The Hall–Kier alpha value is -2.62. The number of carboxylic acids is 1. The fraction of sp³-hybridized carbons (Fsp3) is 0.333. The Bertz CT molecular complexity index is 784. The van der Waals surface area contributed by atoms with Gasteiger partial charge in [0.05, 0.1) is 5.56 Å². The molecule has 1 heterocycles. The fourth-order valence-corrected chi connectivity index (χ4v) is 3.45. The summed E-state index contributed by atoms with van der Waals surface area (Å²) < 4.78 is 0. The van der Waals surface area contributed by atoms with Crippen LogP contribution in [0.4, 0.5) is 0 Å². The number of amides is 1. The first-order valence-corrected chi connectivity index (χ1v) is 8.79. The van der Waals surface area contributed by atoms with E-state index in [1.165, 1.54) is 0 Å². The van der Waals surface area contributed by atoms with E-state index >= 15 is 0 Å². The van der Waals surface area contributed by atoms with Gasteiger partial charge in [-0.05, 0) is 48.4 Å². The third kappa shape index (κ3) is 3.73. The topological polar surface area (TPSA) is 57.6 Å². The molecular formula is C21H23NO3. The normalized spacial score (nSPS) is 17.8. The number of benzene rings is 2. The lowest BCUT2D eigenvalue weighted by atomic mass is 9.94. The summed E-state index contributed by atoms with van der Waals surface area (Å²) in [6.07, 6.45) is 3.17. The van der Waals surface area contributed by atoms with Gasteiger partial charge in [0.1, 0.15) is 0 Å². The lowest BCUT2D eigenvalue weighted by Crippen LogP contribution is -2.32. The molecule has 0 aromatic heterocycles. The predicted octanol–water partition coefficient (Wildman–Crippen LogP) is 4.31. The molecule has 1 aliphatic heterocycles. The highest BCUT2D eigenvalue weighted by Gasteiger charge is 2.23. The second-order valence-electron chi connectivity index (χ2n) is 6.72. The second-order valence-corrected chi connectivity index (χ2v) is 6.72. The van der Waals surface area contributed by atoms with Gasteiger partial charge in [0.2, 0.25) is 0 Å². The van der Waals surface area contributed by atoms with E-state index in [2.05, 4.69) is 6.92 Å². The van der Waals surface area contributed by atoms with E-state index in [0.717, 1.165) is 32.4 Å². The van der Waals surface area contributed by atoms with Crippen molar-refractivity contribution in [3.05, 3.63) is 59.7 Å². The average molecular weight is 337 g/mol. The van der Waals surface area contributed by atoms with E-state index in [0.29, 0.717) is 22.6 Å². The molecular weight excluding hydrogens is 314 g/mol. The zero-order chi connectivity index (χ0) is 17.8. The van der Waals surface area contributed by atoms with Crippen molar-refractivity contribution in [2.45, 2.75) is 26.2 Å². The third-order valence-electron chi connectivity index (χ3n) is 4.91. The fourth-order valence-electron chi connectivity index (χ4n) is 3.45. The number of rotatable bonds is 3. The van der Waals surface area contributed by atoms with E-state index in [1.807, 2.05) is 23.1 Å². The molecule has 0 radical (unpaired) electrons. The lowest BCUT2D eigenvalue weighted by Gasteiger charge is -2.22. The van der Waals surface area contributed by atoms with Crippen LogP contribution < -0.4 is 0 Å². The minimum atomic E-state index is -0.985. The summed E-state index contributed by atoms with van der Waals surface area (Å²) in [5, 5.41) is 9.48. The van der Waals surface area contributed by atoms with Gasteiger partial charge in [-0.25, -0.2) is 4.79 Å². The first-order valence-electron chi connectivity index (χ1n) is 8.79. The highest BCUT2D eigenvalue weighted by Crippen LogP contribution is 2.29. The number of carbonyl (C=O) groups excluding carboxylic acids is 1. The van der Waals surface area contributed by atoms with Crippen LogP contribution in [0.2, 0.25) is 0 Å². The van der Waals surface area contributed by atoms with Gasteiger partial charge >= 0.3 is 5.97 Å². The molecule has 1 saturated heterocycles. The molecule has 2 aromatic carbocycles. The Morgan fingerprint density at radius 3 is 2.20 bits per heavy atom. The van der Waals surface area contributed by atoms with E-state index in [-0.39, 0.29) is 11.5 Å². The number of hydrogen-bond donors (Lipinski definition) is 1. The summed E-state index contributed by atoms with van der Waals surface area (Å²) >= 11 is 0.